The van der Waals surface area contributed by atoms with Crippen LogP contribution in [0.25, 0.3) is 27.9 Å². The average molecular weight is 482 g/mol. The Labute approximate surface area is 195 Å². The van der Waals surface area contributed by atoms with E-state index in [2.05, 4.69) is 15.2 Å². The lowest BCUT2D eigenvalue weighted by molar-refractivity contribution is -0.137. The summed E-state index contributed by atoms with van der Waals surface area (Å²) in [7, 11) is 0. The first kappa shape index (κ1) is 21.8. The first-order valence-corrected chi connectivity index (χ1v) is 10.5. The van der Waals surface area contributed by atoms with Gasteiger partial charge in [0.2, 0.25) is 0 Å². The molecule has 0 N–H and O–H groups in total. The topological polar surface area (TPSA) is 65.1 Å². The summed E-state index contributed by atoms with van der Waals surface area (Å²) >= 11 is 6.07. The molecule has 0 aliphatic carbocycles. The number of fused-ring (bicyclic) bond motifs is 1. The number of hydrogen-bond acceptors (Lipinski definition) is 4. The maximum absolute atomic E-state index is 13.0. The maximum atomic E-state index is 13.0. The molecule has 0 saturated heterocycles. The summed E-state index contributed by atoms with van der Waals surface area (Å²) in [6.45, 7) is -0.0113. The SMILES string of the molecule is O=c1n(Cc2ccc(C(F)(F)F)cc2)nc2c(-c3ccc(Cl)cc3)c(-c3cccnc3)cnn12. The fraction of sp³-hybridized carbons (Fsp3) is 0.0833. The minimum atomic E-state index is -4.43. The van der Waals surface area contributed by atoms with Crippen molar-refractivity contribution in [1.29, 1.82) is 0 Å². The van der Waals surface area contributed by atoms with E-state index < -0.39 is 17.4 Å². The third kappa shape index (κ3) is 4.06. The molecule has 5 rings (SSSR count). The van der Waals surface area contributed by atoms with E-state index in [0.29, 0.717) is 21.8 Å². The van der Waals surface area contributed by atoms with Gasteiger partial charge in [-0.3, -0.25) is 4.98 Å². The highest BCUT2D eigenvalue weighted by Gasteiger charge is 2.30. The van der Waals surface area contributed by atoms with Gasteiger partial charge in [0, 0.05) is 34.1 Å². The van der Waals surface area contributed by atoms with Gasteiger partial charge in [-0.05, 0) is 41.5 Å². The second-order valence-corrected chi connectivity index (χ2v) is 7.99. The van der Waals surface area contributed by atoms with E-state index in [1.807, 2.05) is 18.2 Å². The molecule has 0 aliphatic rings. The predicted octanol–water partition coefficient (Wildman–Crippen LogP) is 5.34. The van der Waals surface area contributed by atoms with E-state index in [1.54, 1.807) is 36.8 Å². The fourth-order valence-electron chi connectivity index (χ4n) is 3.68. The molecule has 0 amide bonds. The summed E-state index contributed by atoms with van der Waals surface area (Å²) in [6, 6.07) is 15.4. The molecule has 0 fully saturated rings. The lowest BCUT2D eigenvalue weighted by Gasteiger charge is -2.10. The van der Waals surface area contributed by atoms with Gasteiger partial charge in [0.05, 0.1) is 18.3 Å². The molecule has 0 atom stereocenters. The number of pyridine rings is 1. The van der Waals surface area contributed by atoms with Crippen molar-refractivity contribution < 1.29 is 13.2 Å². The quantitative estimate of drug-likeness (QED) is 0.347. The molecular weight excluding hydrogens is 467 g/mol. The van der Waals surface area contributed by atoms with Crippen molar-refractivity contribution in [3.05, 3.63) is 106 Å². The summed E-state index contributed by atoms with van der Waals surface area (Å²) in [6.07, 6.45) is 0.475. The molecule has 0 unspecified atom stereocenters. The lowest BCUT2D eigenvalue weighted by atomic mass is 9.98. The van der Waals surface area contributed by atoms with Crippen LogP contribution in [0, 0.1) is 0 Å². The van der Waals surface area contributed by atoms with Crippen molar-refractivity contribution in [2.75, 3.05) is 0 Å². The fourth-order valence-corrected chi connectivity index (χ4v) is 3.80. The summed E-state index contributed by atoms with van der Waals surface area (Å²) in [5, 5.41) is 9.34. The molecule has 10 heteroatoms. The number of alkyl halides is 3. The van der Waals surface area contributed by atoms with Gasteiger partial charge in [0.1, 0.15) is 0 Å². The predicted molar refractivity (Wildman–Crippen MR) is 121 cm³/mol. The van der Waals surface area contributed by atoms with Crippen LogP contribution in [-0.4, -0.2) is 24.4 Å². The Bertz CT molecular complexity index is 1530. The second-order valence-electron chi connectivity index (χ2n) is 7.55. The van der Waals surface area contributed by atoms with Gasteiger partial charge in [-0.1, -0.05) is 41.9 Å². The molecule has 3 heterocycles. The van der Waals surface area contributed by atoms with Crippen molar-refractivity contribution in [3.63, 3.8) is 0 Å². The van der Waals surface area contributed by atoms with Crippen molar-refractivity contribution in [1.82, 2.24) is 24.4 Å². The number of nitrogens with zero attached hydrogens (tertiary/aromatic N) is 5. The third-order valence-electron chi connectivity index (χ3n) is 5.33. The lowest BCUT2D eigenvalue weighted by Crippen LogP contribution is -2.23. The van der Waals surface area contributed by atoms with Crippen LogP contribution < -0.4 is 5.69 Å². The van der Waals surface area contributed by atoms with E-state index in [4.69, 9.17) is 11.6 Å². The Balaban J connectivity index is 1.65. The minimum Gasteiger partial charge on any atom is -0.264 e. The number of rotatable bonds is 4. The third-order valence-corrected chi connectivity index (χ3v) is 5.58. The number of benzene rings is 2. The highest BCUT2D eigenvalue weighted by Crippen LogP contribution is 2.34. The Kier molecular flexibility index (Phi) is 5.41. The number of hydrogen-bond donors (Lipinski definition) is 0. The number of aromatic nitrogens is 5. The molecule has 2 aromatic carbocycles. The average Bonchev–Trinajstić information content (AvgIpc) is 3.14. The first-order valence-electron chi connectivity index (χ1n) is 10.1. The van der Waals surface area contributed by atoms with Crippen molar-refractivity contribution in [2.24, 2.45) is 0 Å². The van der Waals surface area contributed by atoms with Gasteiger partial charge in [-0.2, -0.15) is 22.8 Å². The van der Waals surface area contributed by atoms with Crippen LogP contribution in [0.1, 0.15) is 11.1 Å². The first-order chi connectivity index (χ1) is 16.3. The normalized spacial score (nSPS) is 11.8. The summed E-state index contributed by atoms with van der Waals surface area (Å²) in [5.41, 5.74) is 2.46. The van der Waals surface area contributed by atoms with Crippen molar-refractivity contribution >= 4 is 17.2 Å². The van der Waals surface area contributed by atoms with Gasteiger partial charge < -0.3 is 0 Å². The minimum absolute atomic E-state index is 0.0113. The molecule has 0 radical (unpaired) electrons. The largest absolute Gasteiger partial charge is 0.416 e. The molecule has 6 nitrogen and oxygen atoms in total. The molecule has 5 aromatic rings. The molecule has 34 heavy (non-hydrogen) atoms. The van der Waals surface area contributed by atoms with E-state index >= 15 is 0 Å². The highest BCUT2D eigenvalue weighted by molar-refractivity contribution is 6.30. The summed E-state index contributed by atoms with van der Waals surface area (Å²) < 4.78 is 41.0. The molecule has 0 bridgehead atoms. The van der Waals surface area contributed by atoms with Crippen LogP contribution >= 0.6 is 11.6 Å². The standard InChI is InChI=1S/C24H15ClF3N5O/c25-19-9-5-16(6-10-19)21-20(17-2-1-11-29-12-17)13-30-33-22(21)31-32(23(33)34)14-15-3-7-18(8-4-15)24(26,27)28/h1-13H,14H2. The monoisotopic (exact) mass is 481 g/mol. The zero-order valence-electron chi connectivity index (χ0n) is 17.4. The van der Waals surface area contributed by atoms with Gasteiger partial charge in [-0.15, -0.1) is 5.10 Å². The molecule has 0 aliphatic heterocycles. The van der Waals surface area contributed by atoms with Crippen LogP contribution in [0.2, 0.25) is 5.02 Å². The Hall–Kier alpha value is -3.98. The Morgan fingerprint density at radius 1 is 0.912 bits per heavy atom. The zero-order chi connectivity index (χ0) is 23.9. The molecular formula is C24H15ClF3N5O. The van der Waals surface area contributed by atoms with Crippen LogP contribution in [0.15, 0.2) is 84.0 Å². The maximum Gasteiger partial charge on any atom is 0.416 e. The van der Waals surface area contributed by atoms with E-state index in [0.717, 1.165) is 28.8 Å². The van der Waals surface area contributed by atoms with Crippen LogP contribution in [0.5, 0.6) is 0 Å². The Morgan fingerprint density at radius 2 is 1.65 bits per heavy atom. The molecule has 170 valence electrons. The highest BCUT2D eigenvalue weighted by atomic mass is 35.5. The molecule has 0 saturated carbocycles. The van der Waals surface area contributed by atoms with Crippen LogP contribution in [-0.2, 0) is 12.7 Å². The van der Waals surface area contributed by atoms with E-state index in [9.17, 15) is 18.0 Å². The van der Waals surface area contributed by atoms with Crippen molar-refractivity contribution in [3.8, 4) is 22.3 Å². The summed E-state index contributed by atoms with van der Waals surface area (Å²) in [5.74, 6) is 0. The second kappa shape index (κ2) is 8.42. The number of halogens is 4. The molecule has 3 aromatic heterocycles. The van der Waals surface area contributed by atoms with Gasteiger partial charge >= 0.3 is 11.9 Å². The van der Waals surface area contributed by atoms with Crippen LogP contribution in [0.4, 0.5) is 13.2 Å². The molecule has 0 spiro atoms. The zero-order valence-corrected chi connectivity index (χ0v) is 18.1. The van der Waals surface area contributed by atoms with Crippen LogP contribution in [0.3, 0.4) is 0 Å². The van der Waals surface area contributed by atoms with Crippen molar-refractivity contribution in [2.45, 2.75) is 12.7 Å². The Morgan fingerprint density at radius 3 is 2.29 bits per heavy atom. The van der Waals surface area contributed by atoms with E-state index in [1.165, 1.54) is 21.3 Å². The smallest absolute Gasteiger partial charge is 0.264 e. The summed E-state index contributed by atoms with van der Waals surface area (Å²) in [4.78, 5) is 17.2. The van der Waals surface area contributed by atoms with Gasteiger partial charge in [0.15, 0.2) is 5.65 Å². The van der Waals surface area contributed by atoms with Gasteiger partial charge in [0.25, 0.3) is 0 Å². The van der Waals surface area contributed by atoms with E-state index in [-0.39, 0.29) is 6.54 Å². The van der Waals surface area contributed by atoms with Gasteiger partial charge in [-0.25, -0.2) is 9.48 Å².